The van der Waals surface area contributed by atoms with E-state index in [1.807, 2.05) is 12.2 Å². The monoisotopic (exact) mass is 1590 g/mol. The van der Waals surface area contributed by atoms with E-state index in [1.165, 1.54) is 205 Å². The number of unbranched alkanes of at least 4 members (excludes halogenated alkanes) is 50. The van der Waals surface area contributed by atoms with Crippen LogP contribution in [0.25, 0.3) is 0 Å². The Morgan fingerprint density at radius 1 is 0.315 bits per heavy atom. The summed E-state index contributed by atoms with van der Waals surface area (Å²) in [5.74, 6) is -1.50. The first kappa shape index (κ1) is 111. The van der Waals surface area contributed by atoms with E-state index in [-0.39, 0.29) is 110 Å². The second kappa shape index (κ2) is 83.8. The molecular weight excluding hydrogens is 1420 g/mol. The number of nitrogens with one attached hydrogen (secondary N) is 4. The topological polar surface area (TPSA) is 269 Å². The molecule has 0 fully saturated rings. The molecule has 0 aromatic carbocycles. The van der Waals surface area contributed by atoms with Crippen molar-refractivity contribution in [3.05, 3.63) is 24.3 Å². The Bertz CT molecular complexity index is 2060. The number of rotatable bonds is 82. The van der Waals surface area contributed by atoms with Gasteiger partial charge < -0.3 is 58.6 Å². The minimum atomic E-state index is -5.07. The molecule has 108 heavy (non-hydrogen) atoms. The van der Waals surface area contributed by atoms with Gasteiger partial charge in [-0.2, -0.15) is 0 Å². The fourth-order valence-corrected chi connectivity index (χ4v) is 14.5. The van der Waals surface area contributed by atoms with Gasteiger partial charge in [-0.15, -0.1) is 0 Å². The van der Waals surface area contributed by atoms with Crippen molar-refractivity contribution in [2.24, 2.45) is 0 Å². The molecular formula is C85H162N4Na2O15P2. The average Bonchev–Trinajstić information content (AvgIpc) is 0.880. The Kier molecular flexibility index (Phi) is 86.1. The summed E-state index contributed by atoms with van der Waals surface area (Å²) in [6, 6.07) is -2.90. The summed E-state index contributed by atoms with van der Waals surface area (Å²) in [5.41, 5.74) is 0. The van der Waals surface area contributed by atoms with Gasteiger partial charge in [0.25, 0.3) is 15.6 Å². The normalized spacial score (nSPS) is 13.8. The molecule has 2 unspecified atom stereocenters. The van der Waals surface area contributed by atoms with E-state index >= 15 is 0 Å². The molecule has 0 saturated heterocycles. The van der Waals surface area contributed by atoms with Gasteiger partial charge in [-0.1, -0.05) is 362 Å². The number of amides is 4. The molecule has 0 aliphatic rings. The van der Waals surface area contributed by atoms with Gasteiger partial charge >= 0.3 is 77.1 Å². The van der Waals surface area contributed by atoms with Crippen LogP contribution in [0.5, 0.6) is 0 Å². The van der Waals surface area contributed by atoms with Gasteiger partial charge in [0, 0.05) is 38.8 Å². The molecule has 6 atom stereocenters. The summed E-state index contributed by atoms with van der Waals surface area (Å²) < 4.78 is 60.1. The van der Waals surface area contributed by atoms with Crippen molar-refractivity contribution >= 4 is 45.4 Å². The van der Waals surface area contributed by atoms with E-state index in [2.05, 4.69) is 62.8 Å². The number of urea groups is 1. The summed E-state index contributed by atoms with van der Waals surface area (Å²) in [7, 11) is -10.1. The van der Waals surface area contributed by atoms with Crippen LogP contribution in [0.3, 0.4) is 0 Å². The van der Waals surface area contributed by atoms with Crippen molar-refractivity contribution in [2.45, 2.75) is 451 Å². The van der Waals surface area contributed by atoms with E-state index in [0.717, 1.165) is 116 Å². The Morgan fingerprint density at radius 2 is 0.537 bits per heavy atom. The number of phosphoric acid groups is 2. The standard InChI is InChI=1S/C85H164N4O15P2.2Na/c1-7-13-19-25-31-37-39-45-49-55-61-67-81(90)88-77(79(65-59-53-47-41-33-27-21-15-9-3)103-83(92)69-63-57-51-43-35-29-23-17-11-5)75-101-105(95,96)99-73-71-86-85(94)87-72-74-100-106(97,98)102-76-78(89-82(91)68-62-56-50-46-40-38-32-26-20-14-8-2)80(66-60-54-48-42-34-28-22-16-10-4)104-84(93)70-64-58-52-44-36-30-24-18-12-6;;/h59-60,65-66,77-80H,7-58,61-64,67-76H2,1-6H3,(H,88,90)(H,89,91)(H,95,96)(H,97,98)(H2,86,87,94);;/q;2*+1/p-2/b65-59+,66-60+;;/t77-,78-,79+,80+;;/m0../s1. The van der Waals surface area contributed by atoms with E-state index in [1.54, 1.807) is 12.2 Å². The number of carbonyl (C=O) groups is 5. The molecule has 0 aromatic rings. The van der Waals surface area contributed by atoms with E-state index in [9.17, 15) is 42.9 Å². The smallest absolute Gasteiger partial charge is 0.756 e. The molecule has 0 radical (unpaired) electrons. The van der Waals surface area contributed by atoms with Crippen LogP contribution >= 0.6 is 15.6 Å². The van der Waals surface area contributed by atoms with Gasteiger partial charge in [0.05, 0.1) is 38.5 Å². The van der Waals surface area contributed by atoms with Crippen LogP contribution in [0.1, 0.15) is 427 Å². The van der Waals surface area contributed by atoms with Crippen LogP contribution < -0.4 is 90.2 Å². The molecule has 0 aromatic heterocycles. The number of phosphoric ester groups is 2. The molecule has 0 heterocycles. The number of allylic oxidation sites excluding steroid dienone is 2. The largest absolute Gasteiger partial charge is 1.00 e. The first-order valence-corrected chi connectivity index (χ1v) is 47.0. The van der Waals surface area contributed by atoms with E-state index in [0.29, 0.717) is 38.5 Å². The minimum absolute atomic E-state index is 0. The van der Waals surface area contributed by atoms with Gasteiger partial charge in [0.2, 0.25) is 11.8 Å². The third-order valence-corrected chi connectivity index (χ3v) is 21.6. The number of esters is 2. The van der Waals surface area contributed by atoms with Crippen LogP contribution in [0.4, 0.5) is 4.79 Å². The second-order valence-corrected chi connectivity index (χ2v) is 32.8. The Hall–Kier alpha value is -1.15. The number of hydrogen-bond acceptors (Lipinski definition) is 15. The van der Waals surface area contributed by atoms with Crippen molar-refractivity contribution < 1.29 is 130 Å². The summed E-state index contributed by atoms with van der Waals surface area (Å²) in [5, 5.41) is 10.8. The summed E-state index contributed by atoms with van der Waals surface area (Å²) in [6.07, 6.45) is 67.5. The summed E-state index contributed by atoms with van der Waals surface area (Å²) >= 11 is 0. The molecule has 0 aliphatic heterocycles. The number of carbonyl (C=O) groups excluding carboxylic acids is 5. The van der Waals surface area contributed by atoms with Gasteiger partial charge in [-0.25, -0.2) is 4.79 Å². The SMILES string of the molecule is CCCCCCCCC/C=C/[C@@H](OC(=O)CCCCCCCCCCC)[C@H](COP(=O)([O-])OCCNC(=O)NCCOP(=O)([O-])OC[C@H](NC(=O)CCCCCCCCCCCCC)[C@@H](/C=C/CCCCCCCCC)OC(=O)CCCCCCCCCCC)NC(=O)CCCCCCCCCCCCC.[Na+].[Na+]. The molecule has 23 heteroatoms. The zero-order chi connectivity index (χ0) is 77.8. The third-order valence-electron chi connectivity index (χ3n) is 19.7. The Morgan fingerprint density at radius 3 is 0.787 bits per heavy atom. The van der Waals surface area contributed by atoms with Gasteiger partial charge in [-0.05, 0) is 63.5 Å². The summed E-state index contributed by atoms with van der Waals surface area (Å²) in [6.45, 7) is 10.4. The predicted octanol–water partition coefficient (Wildman–Crippen LogP) is 16.7. The zero-order valence-electron chi connectivity index (χ0n) is 70.8. The summed E-state index contributed by atoms with van der Waals surface area (Å²) in [4.78, 5) is 94.0. The van der Waals surface area contributed by atoms with Gasteiger partial charge in [0.1, 0.15) is 12.2 Å². The van der Waals surface area contributed by atoms with Crippen LogP contribution in [0.15, 0.2) is 24.3 Å². The third kappa shape index (κ3) is 77.4. The van der Waals surface area contributed by atoms with Crippen molar-refractivity contribution in [3.8, 4) is 0 Å². The van der Waals surface area contributed by atoms with Gasteiger partial charge in [0.15, 0.2) is 0 Å². The van der Waals surface area contributed by atoms with Crippen LogP contribution in [0, 0.1) is 0 Å². The van der Waals surface area contributed by atoms with E-state index < -0.39 is 84.3 Å². The predicted molar refractivity (Wildman–Crippen MR) is 433 cm³/mol. The minimum Gasteiger partial charge on any atom is -0.756 e. The Balaban J connectivity index is -0.0000551. The maximum Gasteiger partial charge on any atom is 1.00 e. The number of ether oxygens (including phenoxy) is 2. The quantitative estimate of drug-likeness (QED) is 0.0145. The first-order chi connectivity index (χ1) is 51.6. The molecule has 0 rings (SSSR count). The van der Waals surface area contributed by atoms with Gasteiger partial charge in [-0.3, -0.25) is 28.3 Å². The molecule has 0 spiro atoms. The fourth-order valence-electron chi connectivity index (χ4n) is 13.0. The van der Waals surface area contributed by atoms with Crippen molar-refractivity contribution in [1.29, 1.82) is 0 Å². The van der Waals surface area contributed by atoms with Crippen molar-refractivity contribution in [3.63, 3.8) is 0 Å². The molecule has 0 aliphatic carbocycles. The number of hydrogen-bond donors (Lipinski definition) is 4. The average molecular weight is 1590 g/mol. The first-order valence-electron chi connectivity index (χ1n) is 44.1. The molecule has 0 saturated carbocycles. The zero-order valence-corrected chi connectivity index (χ0v) is 76.6. The second-order valence-electron chi connectivity index (χ2n) is 30.0. The molecule has 0 bridgehead atoms. The molecule has 4 amide bonds. The van der Waals surface area contributed by atoms with E-state index in [4.69, 9.17) is 27.6 Å². The Labute approximate surface area is 705 Å². The molecule has 624 valence electrons. The maximum atomic E-state index is 13.7. The van der Waals surface area contributed by atoms with Crippen molar-refractivity contribution in [2.75, 3.05) is 39.5 Å². The molecule has 4 N–H and O–H groups in total. The fraction of sp³-hybridized carbons (Fsp3) is 0.894. The maximum absolute atomic E-state index is 13.7. The van der Waals surface area contributed by atoms with Crippen LogP contribution in [-0.2, 0) is 55.9 Å². The molecule has 19 nitrogen and oxygen atoms in total. The van der Waals surface area contributed by atoms with Crippen LogP contribution in [0.2, 0.25) is 0 Å². The van der Waals surface area contributed by atoms with Crippen LogP contribution in [-0.4, -0.2) is 93.6 Å². The van der Waals surface area contributed by atoms with Crippen molar-refractivity contribution in [1.82, 2.24) is 21.3 Å².